The van der Waals surface area contributed by atoms with E-state index in [1.54, 1.807) is 25.3 Å². The molecule has 2 aromatic heterocycles. The van der Waals surface area contributed by atoms with Gasteiger partial charge in [0, 0.05) is 29.0 Å². The molecule has 1 aromatic carbocycles. The van der Waals surface area contributed by atoms with E-state index in [-0.39, 0.29) is 18.3 Å². The predicted octanol–water partition coefficient (Wildman–Crippen LogP) is 4.32. The zero-order valence-electron chi connectivity index (χ0n) is 17.9. The zero-order chi connectivity index (χ0) is 22.0. The van der Waals surface area contributed by atoms with Crippen molar-refractivity contribution in [2.45, 2.75) is 32.9 Å². The molecule has 0 saturated heterocycles. The lowest BCUT2D eigenvalue weighted by molar-refractivity contribution is -0.125. The number of Topliss-reactive ketones (excluding diaryl/α,β-unsaturated/α-hetero) is 1. The van der Waals surface area contributed by atoms with Crippen LogP contribution < -0.4 is 9.64 Å². The fraction of sp³-hybridized carbons (Fsp3) is 0.333. The number of benzene rings is 1. The molecule has 0 fully saturated rings. The lowest BCUT2D eigenvalue weighted by Crippen LogP contribution is -2.31. The van der Waals surface area contributed by atoms with E-state index in [1.165, 1.54) is 4.90 Å². The summed E-state index contributed by atoms with van der Waals surface area (Å²) in [5.41, 5.74) is 1.74. The summed E-state index contributed by atoms with van der Waals surface area (Å²) in [4.78, 5) is 36.0. The maximum absolute atomic E-state index is 13.2. The Bertz CT molecular complexity index is 1130. The number of ketones is 1. The van der Waals surface area contributed by atoms with E-state index in [0.717, 1.165) is 17.4 Å². The number of rotatable bonds is 8. The van der Waals surface area contributed by atoms with Crippen LogP contribution in [0.3, 0.4) is 0 Å². The second-order valence-corrected chi connectivity index (χ2v) is 7.97. The molecule has 4 rings (SSSR count). The van der Waals surface area contributed by atoms with Crippen LogP contribution in [-0.4, -0.2) is 35.4 Å². The van der Waals surface area contributed by atoms with Crippen LogP contribution in [0.25, 0.3) is 11.0 Å². The van der Waals surface area contributed by atoms with Gasteiger partial charge in [-0.15, -0.1) is 0 Å². The highest BCUT2D eigenvalue weighted by Crippen LogP contribution is 2.38. The standard InChI is InChI=1S/C24H25N3O4/c1-15(2)8-11-17(28)14-31-24-19-7-5-4-6-18(19)23(29)27(24)20-12-9-16-10-13-21(30-3)26-22(16)25-20/h4-7,9-10,12-13,15,24H,8,11,14H2,1-3H3. The normalized spacial score (nSPS) is 15.5. The molecule has 1 aliphatic heterocycles. The van der Waals surface area contributed by atoms with E-state index in [0.29, 0.717) is 35.2 Å². The van der Waals surface area contributed by atoms with Crippen LogP contribution in [0.15, 0.2) is 48.5 Å². The van der Waals surface area contributed by atoms with Crippen LogP contribution in [0.5, 0.6) is 5.88 Å². The summed E-state index contributed by atoms with van der Waals surface area (Å²) >= 11 is 0. The fourth-order valence-corrected chi connectivity index (χ4v) is 3.58. The van der Waals surface area contributed by atoms with Gasteiger partial charge in [-0.2, -0.15) is 4.98 Å². The Morgan fingerprint density at radius 3 is 2.65 bits per heavy atom. The summed E-state index contributed by atoms with van der Waals surface area (Å²) in [6.07, 6.45) is 0.547. The van der Waals surface area contributed by atoms with Crippen molar-refractivity contribution in [2.24, 2.45) is 5.92 Å². The number of ether oxygens (including phenoxy) is 2. The molecule has 1 aliphatic rings. The lowest BCUT2D eigenvalue weighted by Gasteiger charge is -2.24. The summed E-state index contributed by atoms with van der Waals surface area (Å²) in [5, 5.41) is 0.829. The first-order chi connectivity index (χ1) is 15.0. The Hall–Kier alpha value is -3.32. The van der Waals surface area contributed by atoms with E-state index < -0.39 is 6.23 Å². The SMILES string of the molecule is COc1ccc2ccc(N3C(=O)c4ccccc4C3OCC(=O)CCC(C)C)nc2n1. The third-order valence-electron chi connectivity index (χ3n) is 5.28. The number of hydrogen-bond donors (Lipinski definition) is 0. The van der Waals surface area contributed by atoms with Gasteiger partial charge in [-0.1, -0.05) is 32.0 Å². The van der Waals surface area contributed by atoms with Crippen molar-refractivity contribution in [1.29, 1.82) is 0 Å². The summed E-state index contributed by atoms with van der Waals surface area (Å²) in [5.74, 6) is 1.10. The number of anilines is 1. The number of fused-ring (bicyclic) bond motifs is 2. The maximum atomic E-state index is 13.2. The summed E-state index contributed by atoms with van der Waals surface area (Å²) < 4.78 is 11.2. The Kier molecular flexibility index (Phi) is 5.95. The largest absolute Gasteiger partial charge is 0.481 e. The molecule has 160 valence electrons. The minimum absolute atomic E-state index is 0.0170. The van der Waals surface area contributed by atoms with Gasteiger partial charge in [-0.05, 0) is 36.6 Å². The first kappa shape index (κ1) is 20.9. The molecule has 31 heavy (non-hydrogen) atoms. The van der Waals surface area contributed by atoms with Gasteiger partial charge in [0.05, 0.1) is 7.11 Å². The number of aromatic nitrogens is 2. The third-order valence-corrected chi connectivity index (χ3v) is 5.28. The molecule has 7 heteroatoms. The number of nitrogens with zero attached hydrogens (tertiary/aromatic N) is 3. The Morgan fingerprint density at radius 1 is 1.10 bits per heavy atom. The molecular weight excluding hydrogens is 394 g/mol. The monoisotopic (exact) mass is 419 g/mol. The summed E-state index contributed by atoms with van der Waals surface area (Å²) in [6, 6.07) is 14.5. The molecule has 0 bridgehead atoms. The van der Waals surface area contributed by atoms with Crippen molar-refractivity contribution < 1.29 is 19.1 Å². The second-order valence-electron chi connectivity index (χ2n) is 7.97. The van der Waals surface area contributed by atoms with Crippen LogP contribution in [0.2, 0.25) is 0 Å². The molecule has 3 aromatic rings. The number of amides is 1. The number of carbonyl (C=O) groups excluding carboxylic acids is 2. The van der Waals surface area contributed by atoms with Crippen molar-refractivity contribution in [3.05, 3.63) is 59.7 Å². The predicted molar refractivity (Wildman–Crippen MR) is 117 cm³/mol. The first-order valence-electron chi connectivity index (χ1n) is 10.4. The van der Waals surface area contributed by atoms with Crippen molar-refractivity contribution in [3.8, 4) is 5.88 Å². The van der Waals surface area contributed by atoms with Crippen LogP contribution in [-0.2, 0) is 9.53 Å². The highest BCUT2D eigenvalue weighted by Gasteiger charge is 2.39. The molecule has 1 atom stereocenters. The number of pyridine rings is 2. The van der Waals surface area contributed by atoms with E-state index >= 15 is 0 Å². The highest BCUT2D eigenvalue weighted by molar-refractivity contribution is 6.10. The average molecular weight is 419 g/mol. The topological polar surface area (TPSA) is 81.6 Å². The first-order valence-corrected chi connectivity index (χ1v) is 10.4. The van der Waals surface area contributed by atoms with Crippen molar-refractivity contribution in [2.75, 3.05) is 18.6 Å². The summed E-state index contributed by atoms with van der Waals surface area (Å²) in [7, 11) is 1.54. The third kappa shape index (κ3) is 4.27. The number of hydrogen-bond acceptors (Lipinski definition) is 6. The van der Waals surface area contributed by atoms with E-state index in [9.17, 15) is 9.59 Å². The molecule has 1 amide bonds. The van der Waals surface area contributed by atoms with Gasteiger partial charge in [0.2, 0.25) is 5.88 Å². The average Bonchev–Trinajstić information content (AvgIpc) is 3.07. The Labute approximate surface area is 181 Å². The van der Waals surface area contributed by atoms with Crippen LogP contribution in [0.1, 0.15) is 48.8 Å². The van der Waals surface area contributed by atoms with Crippen LogP contribution >= 0.6 is 0 Å². The van der Waals surface area contributed by atoms with Crippen molar-refractivity contribution in [3.63, 3.8) is 0 Å². The highest BCUT2D eigenvalue weighted by atomic mass is 16.5. The Morgan fingerprint density at radius 2 is 1.87 bits per heavy atom. The minimum atomic E-state index is -0.720. The Balaban J connectivity index is 1.65. The van der Waals surface area contributed by atoms with Gasteiger partial charge >= 0.3 is 0 Å². The molecule has 0 saturated carbocycles. The minimum Gasteiger partial charge on any atom is -0.481 e. The van der Waals surface area contributed by atoms with Gasteiger partial charge < -0.3 is 9.47 Å². The molecule has 7 nitrogen and oxygen atoms in total. The van der Waals surface area contributed by atoms with Crippen molar-refractivity contribution >= 4 is 28.5 Å². The summed E-state index contributed by atoms with van der Waals surface area (Å²) in [6.45, 7) is 4.10. The van der Waals surface area contributed by atoms with E-state index in [2.05, 4.69) is 23.8 Å². The van der Waals surface area contributed by atoms with Gasteiger partial charge in [0.15, 0.2) is 17.7 Å². The van der Waals surface area contributed by atoms with E-state index in [1.807, 2.05) is 30.3 Å². The molecular formula is C24H25N3O4. The van der Waals surface area contributed by atoms with Gasteiger partial charge in [-0.3, -0.25) is 14.5 Å². The van der Waals surface area contributed by atoms with E-state index in [4.69, 9.17) is 9.47 Å². The van der Waals surface area contributed by atoms with Gasteiger partial charge in [0.25, 0.3) is 5.91 Å². The smallest absolute Gasteiger partial charge is 0.262 e. The molecule has 3 heterocycles. The quantitative estimate of drug-likeness (QED) is 0.541. The molecule has 0 spiro atoms. The van der Waals surface area contributed by atoms with Crippen molar-refractivity contribution in [1.82, 2.24) is 9.97 Å². The number of carbonyl (C=O) groups is 2. The van der Waals surface area contributed by atoms with Gasteiger partial charge in [0.1, 0.15) is 12.4 Å². The number of methoxy groups -OCH3 is 1. The molecule has 0 aliphatic carbocycles. The fourth-order valence-electron chi connectivity index (χ4n) is 3.58. The van der Waals surface area contributed by atoms with Crippen LogP contribution in [0, 0.1) is 5.92 Å². The van der Waals surface area contributed by atoms with Gasteiger partial charge in [-0.25, -0.2) is 4.98 Å². The molecule has 1 unspecified atom stereocenters. The molecule has 0 N–H and O–H groups in total. The zero-order valence-corrected chi connectivity index (χ0v) is 17.9. The van der Waals surface area contributed by atoms with Crippen LogP contribution in [0.4, 0.5) is 5.82 Å². The second kappa shape index (κ2) is 8.81. The lowest BCUT2D eigenvalue weighted by atomic mass is 10.1. The maximum Gasteiger partial charge on any atom is 0.262 e. The molecule has 0 radical (unpaired) electrons.